The Balaban J connectivity index is 2.65. The molecular formula is C15H20N4O2. The number of aromatic nitrogens is 2. The van der Waals surface area contributed by atoms with Crippen LogP contribution in [-0.4, -0.2) is 23.8 Å². The lowest BCUT2D eigenvalue weighted by Crippen LogP contribution is -2.16. The van der Waals surface area contributed by atoms with E-state index in [0.29, 0.717) is 11.5 Å². The van der Waals surface area contributed by atoms with Crippen molar-refractivity contribution in [1.29, 1.82) is 5.26 Å². The fraction of sp³-hybridized carbons (Fsp3) is 0.467. The van der Waals surface area contributed by atoms with E-state index in [0.717, 1.165) is 29.7 Å². The summed E-state index contributed by atoms with van der Waals surface area (Å²) in [5, 5.41) is 9.07. The predicted octanol–water partition coefficient (Wildman–Crippen LogP) is 2.38. The van der Waals surface area contributed by atoms with E-state index in [4.69, 9.17) is 20.5 Å². The van der Waals surface area contributed by atoms with Crippen molar-refractivity contribution in [2.24, 2.45) is 5.73 Å². The van der Waals surface area contributed by atoms with Crippen LogP contribution in [-0.2, 0) is 6.54 Å². The van der Waals surface area contributed by atoms with Crippen molar-refractivity contribution in [3.8, 4) is 17.6 Å². The van der Waals surface area contributed by atoms with E-state index in [1.165, 1.54) is 0 Å². The van der Waals surface area contributed by atoms with Crippen molar-refractivity contribution in [2.75, 3.05) is 14.2 Å². The lowest BCUT2D eigenvalue weighted by molar-refractivity contribution is 0.355. The van der Waals surface area contributed by atoms with Crippen LogP contribution in [0.4, 0.5) is 0 Å². The Morgan fingerprint density at radius 2 is 2.00 bits per heavy atom. The summed E-state index contributed by atoms with van der Waals surface area (Å²) in [5.74, 6) is 1.95. The second-order valence-electron chi connectivity index (χ2n) is 4.81. The number of hydrogen-bond acceptors (Lipinski definition) is 5. The fourth-order valence-corrected chi connectivity index (χ4v) is 2.43. The van der Waals surface area contributed by atoms with Gasteiger partial charge in [-0.1, -0.05) is 13.3 Å². The number of hydrogen-bond donors (Lipinski definition) is 1. The fourth-order valence-electron chi connectivity index (χ4n) is 2.43. The number of nitrogens with zero attached hydrogens (tertiary/aromatic N) is 3. The molecule has 0 aliphatic heterocycles. The summed E-state index contributed by atoms with van der Waals surface area (Å²) in [7, 11) is 3.16. The molecule has 0 spiro atoms. The number of ether oxygens (including phenoxy) is 2. The van der Waals surface area contributed by atoms with Crippen molar-refractivity contribution in [3.05, 3.63) is 18.0 Å². The molecule has 1 aromatic heterocycles. The molecule has 0 saturated heterocycles. The van der Waals surface area contributed by atoms with Crippen LogP contribution in [0.15, 0.2) is 12.1 Å². The minimum absolute atomic E-state index is 0.187. The first kappa shape index (κ1) is 15.1. The topological polar surface area (TPSA) is 86.1 Å². The van der Waals surface area contributed by atoms with Gasteiger partial charge in [0.05, 0.1) is 37.4 Å². The summed E-state index contributed by atoms with van der Waals surface area (Å²) in [6.07, 6.45) is 1.78. The standard InChI is InChI=1S/C15H20N4O2/c1-4-5-10(17)15-18-11-8-13(20-2)14(21-3)9-12(11)19(15)7-6-16/h8-10H,4-5,7,17H2,1-3H3. The Hall–Kier alpha value is -2.26. The molecule has 2 aromatic rings. The molecule has 1 atom stereocenters. The summed E-state index contributed by atoms with van der Waals surface area (Å²) in [4.78, 5) is 4.59. The van der Waals surface area contributed by atoms with E-state index < -0.39 is 0 Å². The summed E-state index contributed by atoms with van der Waals surface area (Å²) in [5.41, 5.74) is 7.77. The zero-order chi connectivity index (χ0) is 15.4. The first-order valence-electron chi connectivity index (χ1n) is 6.90. The molecule has 0 aliphatic rings. The van der Waals surface area contributed by atoms with Gasteiger partial charge in [0.1, 0.15) is 12.4 Å². The van der Waals surface area contributed by atoms with Gasteiger partial charge in [0.15, 0.2) is 11.5 Å². The van der Waals surface area contributed by atoms with E-state index in [1.807, 2.05) is 16.7 Å². The van der Waals surface area contributed by atoms with Gasteiger partial charge in [0.25, 0.3) is 0 Å². The van der Waals surface area contributed by atoms with Crippen LogP contribution >= 0.6 is 0 Å². The van der Waals surface area contributed by atoms with Gasteiger partial charge in [0.2, 0.25) is 0 Å². The van der Waals surface area contributed by atoms with Crippen molar-refractivity contribution < 1.29 is 9.47 Å². The number of nitrogens with two attached hydrogens (primary N) is 1. The van der Waals surface area contributed by atoms with Gasteiger partial charge < -0.3 is 19.8 Å². The molecule has 0 bridgehead atoms. The molecule has 21 heavy (non-hydrogen) atoms. The van der Waals surface area contributed by atoms with E-state index in [2.05, 4.69) is 18.0 Å². The van der Waals surface area contributed by atoms with Crippen molar-refractivity contribution >= 4 is 11.0 Å². The molecule has 0 amide bonds. The van der Waals surface area contributed by atoms with Gasteiger partial charge >= 0.3 is 0 Å². The minimum Gasteiger partial charge on any atom is -0.493 e. The molecule has 2 N–H and O–H groups in total. The maximum atomic E-state index is 9.07. The SMILES string of the molecule is CCCC(N)c1nc2cc(OC)c(OC)cc2n1CC#N. The largest absolute Gasteiger partial charge is 0.493 e. The van der Waals surface area contributed by atoms with E-state index in [-0.39, 0.29) is 12.6 Å². The van der Waals surface area contributed by atoms with Crippen LogP contribution in [0.1, 0.15) is 31.6 Å². The highest BCUT2D eigenvalue weighted by Gasteiger charge is 2.18. The van der Waals surface area contributed by atoms with Crippen LogP contribution < -0.4 is 15.2 Å². The zero-order valence-electron chi connectivity index (χ0n) is 12.6. The van der Waals surface area contributed by atoms with Gasteiger partial charge in [0, 0.05) is 12.1 Å². The highest BCUT2D eigenvalue weighted by Crippen LogP contribution is 2.33. The zero-order valence-corrected chi connectivity index (χ0v) is 12.6. The lowest BCUT2D eigenvalue weighted by Gasteiger charge is -2.12. The Morgan fingerprint density at radius 3 is 2.57 bits per heavy atom. The van der Waals surface area contributed by atoms with Crippen LogP contribution in [0.3, 0.4) is 0 Å². The highest BCUT2D eigenvalue weighted by molar-refractivity contribution is 5.81. The summed E-state index contributed by atoms with van der Waals surface area (Å²) < 4.78 is 12.5. The first-order chi connectivity index (χ1) is 10.2. The van der Waals surface area contributed by atoms with Gasteiger partial charge in [-0.05, 0) is 6.42 Å². The summed E-state index contributed by atoms with van der Waals surface area (Å²) >= 11 is 0. The van der Waals surface area contributed by atoms with Gasteiger partial charge in [-0.15, -0.1) is 0 Å². The normalized spacial score (nSPS) is 12.1. The summed E-state index contributed by atoms with van der Waals surface area (Å²) in [6, 6.07) is 5.62. The Kier molecular flexibility index (Phi) is 4.66. The highest BCUT2D eigenvalue weighted by atomic mass is 16.5. The van der Waals surface area contributed by atoms with Crippen LogP contribution in [0.2, 0.25) is 0 Å². The lowest BCUT2D eigenvalue weighted by atomic mass is 10.2. The molecule has 2 rings (SSSR count). The van der Waals surface area contributed by atoms with Gasteiger partial charge in [-0.3, -0.25) is 0 Å². The average Bonchev–Trinajstić information content (AvgIpc) is 2.84. The molecule has 0 aliphatic carbocycles. The quantitative estimate of drug-likeness (QED) is 0.882. The second-order valence-corrected chi connectivity index (χ2v) is 4.81. The molecule has 112 valence electrons. The number of imidazole rings is 1. The molecular weight excluding hydrogens is 268 g/mol. The monoisotopic (exact) mass is 288 g/mol. The minimum atomic E-state index is -0.187. The third-order valence-corrected chi connectivity index (χ3v) is 3.44. The first-order valence-corrected chi connectivity index (χ1v) is 6.90. The second kappa shape index (κ2) is 6.46. The molecule has 0 fully saturated rings. The third kappa shape index (κ3) is 2.78. The van der Waals surface area contributed by atoms with E-state index >= 15 is 0 Å². The molecule has 1 heterocycles. The maximum absolute atomic E-state index is 9.07. The van der Waals surface area contributed by atoms with Gasteiger partial charge in [-0.2, -0.15) is 5.26 Å². The number of nitriles is 1. The van der Waals surface area contributed by atoms with Crippen molar-refractivity contribution in [2.45, 2.75) is 32.4 Å². The van der Waals surface area contributed by atoms with Crippen molar-refractivity contribution in [1.82, 2.24) is 9.55 Å². The average molecular weight is 288 g/mol. The Labute approximate surface area is 124 Å². The number of fused-ring (bicyclic) bond motifs is 1. The molecule has 6 heteroatoms. The number of benzene rings is 1. The number of rotatable bonds is 6. The van der Waals surface area contributed by atoms with Gasteiger partial charge in [-0.25, -0.2) is 4.98 Å². The van der Waals surface area contributed by atoms with Crippen LogP contribution in [0, 0.1) is 11.3 Å². The van der Waals surface area contributed by atoms with E-state index in [1.54, 1.807) is 14.2 Å². The Morgan fingerprint density at radius 1 is 1.33 bits per heavy atom. The molecule has 1 aromatic carbocycles. The molecule has 0 radical (unpaired) electrons. The van der Waals surface area contributed by atoms with Crippen LogP contribution in [0.5, 0.6) is 11.5 Å². The molecule has 0 saturated carbocycles. The smallest absolute Gasteiger partial charge is 0.163 e. The van der Waals surface area contributed by atoms with Crippen LogP contribution in [0.25, 0.3) is 11.0 Å². The molecule has 1 unspecified atom stereocenters. The number of methoxy groups -OCH3 is 2. The van der Waals surface area contributed by atoms with Crippen molar-refractivity contribution in [3.63, 3.8) is 0 Å². The Bertz CT molecular complexity index is 672. The third-order valence-electron chi connectivity index (χ3n) is 3.44. The summed E-state index contributed by atoms with van der Waals surface area (Å²) in [6.45, 7) is 2.28. The molecule has 6 nitrogen and oxygen atoms in total. The predicted molar refractivity (Wildman–Crippen MR) is 80.3 cm³/mol. The van der Waals surface area contributed by atoms with E-state index in [9.17, 15) is 0 Å². The maximum Gasteiger partial charge on any atom is 0.163 e.